The molecule has 0 atom stereocenters. The number of ether oxygens (including phenoxy) is 2. The zero-order valence-electron chi connectivity index (χ0n) is 18.4. The lowest BCUT2D eigenvalue weighted by Crippen LogP contribution is -2.17. The maximum Gasteiger partial charge on any atom is 0.255 e. The molecular formula is C26H22N4O4. The maximum atomic E-state index is 12.8. The third kappa shape index (κ3) is 4.47. The number of fused-ring (bicyclic) bond motifs is 1. The van der Waals surface area contributed by atoms with Crippen molar-refractivity contribution in [2.45, 2.75) is 6.92 Å². The van der Waals surface area contributed by atoms with Gasteiger partial charge >= 0.3 is 0 Å². The van der Waals surface area contributed by atoms with E-state index < -0.39 is 0 Å². The predicted octanol–water partition coefficient (Wildman–Crippen LogP) is 4.46. The highest BCUT2D eigenvalue weighted by Crippen LogP contribution is 2.31. The van der Waals surface area contributed by atoms with Crippen LogP contribution in [0, 0.1) is 6.92 Å². The molecule has 8 nitrogen and oxygen atoms in total. The summed E-state index contributed by atoms with van der Waals surface area (Å²) in [4.78, 5) is 25.6. The lowest BCUT2D eigenvalue weighted by molar-refractivity contribution is 0.101. The van der Waals surface area contributed by atoms with Crippen LogP contribution in [0.3, 0.4) is 0 Å². The summed E-state index contributed by atoms with van der Waals surface area (Å²) in [6, 6.07) is 19.4. The van der Waals surface area contributed by atoms with Crippen molar-refractivity contribution in [3.63, 3.8) is 0 Å². The molecule has 2 amide bonds. The summed E-state index contributed by atoms with van der Waals surface area (Å²) in [5.41, 5.74) is 3.88. The van der Waals surface area contributed by atoms with E-state index in [0.29, 0.717) is 47.2 Å². The van der Waals surface area contributed by atoms with Gasteiger partial charge in [0.15, 0.2) is 11.5 Å². The largest absolute Gasteiger partial charge is 0.486 e. The van der Waals surface area contributed by atoms with Crippen LogP contribution in [0.2, 0.25) is 0 Å². The van der Waals surface area contributed by atoms with Gasteiger partial charge < -0.3 is 20.1 Å². The van der Waals surface area contributed by atoms with Crippen molar-refractivity contribution in [3.8, 4) is 17.2 Å². The Morgan fingerprint density at radius 3 is 2.35 bits per heavy atom. The molecule has 1 aliphatic heterocycles. The van der Waals surface area contributed by atoms with E-state index in [2.05, 4.69) is 15.7 Å². The van der Waals surface area contributed by atoms with Crippen molar-refractivity contribution in [1.29, 1.82) is 0 Å². The topological polar surface area (TPSA) is 94.5 Å². The van der Waals surface area contributed by atoms with Crippen LogP contribution in [0.25, 0.3) is 5.69 Å². The normalized spacial score (nSPS) is 12.1. The van der Waals surface area contributed by atoms with Gasteiger partial charge in [0.1, 0.15) is 13.2 Å². The molecule has 0 saturated heterocycles. The lowest BCUT2D eigenvalue weighted by atomic mass is 10.1. The highest BCUT2D eigenvalue weighted by atomic mass is 16.6. The van der Waals surface area contributed by atoms with E-state index in [1.54, 1.807) is 53.3 Å². The van der Waals surface area contributed by atoms with Crippen molar-refractivity contribution in [3.05, 3.63) is 95.8 Å². The van der Waals surface area contributed by atoms with E-state index in [1.807, 2.05) is 37.4 Å². The van der Waals surface area contributed by atoms with Crippen LogP contribution in [0.15, 0.2) is 79.1 Å². The molecule has 0 spiro atoms. The monoisotopic (exact) mass is 454 g/mol. The Kier molecular flexibility index (Phi) is 5.70. The van der Waals surface area contributed by atoms with Crippen LogP contribution in [-0.2, 0) is 0 Å². The van der Waals surface area contributed by atoms with Gasteiger partial charge in [0.2, 0.25) is 0 Å². The molecular weight excluding hydrogens is 432 g/mol. The van der Waals surface area contributed by atoms with Gasteiger partial charge in [-0.15, -0.1) is 0 Å². The fourth-order valence-corrected chi connectivity index (χ4v) is 3.60. The summed E-state index contributed by atoms with van der Waals surface area (Å²) in [6.07, 6.45) is 3.53. The molecule has 3 aromatic carbocycles. The number of amides is 2. The summed E-state index contributed by atoms with van der Waals surface area (Å²) in [5, 5.41) is 9.98. The van der Waals surface area contributed by atoms with Gasteiger partial charge in [0, 0.05) is 34.9 Å². The van der Waals surface area contributed by atoms with Crippen molar-refractivity contribution in [2.24, 2.45) is 0 Å². The van der Waals surface area contributed by atoms with Crippen molar-refractivity contribution >= 4 is 23.2 Å². The van der Waals surface area contributed by atoms with Crippen LogP contribution in [-0.4, -0.2) is 34.8 Å². The highest BCUT2D eigenvalue weighted by molar-refractivity contribution is 6.07. The predicted molar refractivity (Wildman–Crippen MR) is 128 cm³/mol. The number of hydrogen-bond donors (Lipinski definition) is 2. The summed E-state index contributed by atoms with van der Waals surface area (Å²) >= 11 is 0. The second-order valence-electron chi connectivity index (χ2n) is 7.79. The number of rotatable bonds is 5. The van der Waals surface area contributed by atoms with E-state index in [4.69, 9.17) is 9.47 Å². The van der Waals surface area contributed by atoms with Gasteiger partial charge in [-0.1, -0.05) is 6.07 Å². The van der Waals surface area contributed by atoms with Crippen molar-refractivity contribution in [1.82, 2.24) is 9.78 Å². The summed E-state index contributed by atoms with van der Waals surface area (Å²) < 4.78 is 12.8. The Bertz CT molecular complexity index is 1350. The molecule has 1 aliphatic rings. The first-order valence-electron chi connectivity index (χ1n) is 10.8. The van der Waals surface area contributed by atoms with Gasteiger partial charge in [-0.05, 0) is 73.2 Å². The van der Waals surface area contributed by atoms with Crippen molar-refractivity contribution < 1.29 is 19.1 Å². The molecule has 0 aliphatic carbocycles. The Morgan fingerprint density at radius 2 is 1.59 bits per heavy atom. The van der Waals surface area contributed by atoms with Crippen LogP contribution in [0.1, 0.15) is 26.3 Å². The second kappa shape index (κ2) is 9.11. The summed E-state index contributed by atoms with van der Waals surface area (Å²) in [6.45, 7) is 2.83. The molecule has 4 aromatic rings. The zero-order valence-corrected chi connectivity index (χ0v) is 18.4. The number of hydrogen-bond acceptors (Lipinski definition) is 5. The first-order chi connectivity index (χ1) is 16.6. The minimum atomic E-state index is -0.285. The summed E-state index contributed by atoms with van der Waals surface area (Å²) in [7, 11) is 0. The molecule has 0 radical (unpaired) electrons. The number of nitrogens with one attached hydrogen (secondary N) is 2. The quantitative estimate of drug-likeness (QED) is 0.464. The number of nitrogens with zero attached hydrogens (tertiary/aromatic N) is 2. The smallest absolute Gasteiger partial charge is 0.255 e. The van der Waals surface area contributed by atoms with Gasteiger partial charge in [-0.3, -0.25) is 9.59 Å². The Labute approximate surface area is 196 Å². The molecule has 170 valence electrons. The first kappa shape index (κ1) is 21.3. The fourth-order valence-electron chi connectivity index (χ4n) is 3.60. The number of benzene rings is 3. The molecule has 2 heterocycles. The van der Waals surface area contributed by atoms with Gasteiger partial charge in [-0.25, -0.2) is 4.68 Å². The Morgan fingerprint density at radius 1 is 0.853 bits per heavy atom. The van der Waals surface area contributed by atoms with Crippen LogP contribution in [0.5, 0.6) is 11.5 Å². The third-order valence-corrected chi connectivity index (χ3v) is 5.45. The van der Waals surface area contributed by atoms with Crippen molar-refractivity contribution in [2.75, 3.05) is 23.8 Å². The minimum Gasteiger partial charge on any atom is -0.486 e. The molecule has 0 unspecified atom stereocenters. The van der Waals surface area contributed by atoms with Crippen LogP contribution >= 0.6 is 0 Å². The number of carbonyl (C=O) groups excluding carboxylic acids is 2. The fraction of sp³-hybridized carbons (Fsp3) is 0.115. The average Bonchev–Trinajstić information content (AvgIpc) is 3.41. The molecule has 34 heavy (non-hydrogen) atoms. The molecule has 5 rings (SSSR count). The van der Waals surface area contributed by atoms with E-state index in [-0.39, 0.29) is 11.8 Å². The summed E-state index contributed by atoms with van der Waals surface area (Å²) in [5.74, 6) is 0.646. The molecule has 0 bridgehead atoms. The van der Waals surface area contributed by atoms with Crippen LogP contribution < -0.4 is 20.1 Å². The third-order valence-electron chi connectivity index (χ3n) is 5.45. The SMILES string of the molecule is Cc1ccc(NC(=O)c2ccc3c(c2)OCCO3)cc1NC(=O)c1ccc(-n2cccn2)cc1. The second-order valence-corrected chi connectivity index (χ2v) is 7.79. The average molecular weight is 454 g/mol. The standard InChI is InChI=1S/C26H22N4O4/c1-17-3-7-20(28-26(32)19-6-10-23-24(15-19)34-14-13-33-23)16-22(17)29-25(31)18-4-8-21(9-5-18)30-12-2-11-27-30/h2-12,15-16H,13-14H2,1H3,(H,28,32)(H,29,31). The van der Waals surface area contributed by atoms with E-state index in [9.17, 15) is 9.59 Å². The number of aryl methyl sites for hydroxylation is 1. The van der Waals surface area contributed by atoms with Gasteiger partial charge in [-0.2, -0.15) is 5.10 Å². The Hall–Kier alpha value is -4.59. The first-order valence-corrected chi connectivity index (χ1v) is 10.8. The van der Waals surface area contributed by atoms with E-state index in [0.717, 1.165) is 11.3 Å². The zero-order chi connectivity index (χ0) is 23.5. The van der Waals surface area contributed by atoms with Gasteiger partial charge in [0.25, 0.3) is 11.8 Å². The van der Waals surface area contributed by atoms with Gasteiger partial charge in [0.05, 0.1) is 5.69 Å². The highest BCUT2D eigenvalue weighted by Gasteiger charge is 2.16. The lowest BCUT2D eigenvalue weighted by Gasteiger charge is -2.18. The number of carbonyl (C=O) groups is 2. The van der Waals surface area contributed by atoms with E-state index in [1.165, 1.54) is 0 Å². The van der Waals surface area contributed by atoms with E-state index >= 15 is 0 Å². The number of anilines is 2. The number of aromatic nitrogens is 2. The maximum absolute atomic E-state index is 12.8. The molecule has 0 fully saturated rings. The Balaban J connectivity index is 1.29. The molecule has 2 N–H and O–H groups in total. The molecule has 8 heteroatoms. The minimum absolute atomic E-state index is 0.245. The molecule has 0 saturated carbocycles. The van der Waals surface area contributed by atoms with Crippen LogP contribution in [0.4, 0.5) is 11.4 Å². The molecule has 1 aromatic heterocycles.